The smallest absolute Gasteiger partial charge is 0.252 e. The minimum atomic E-state index is -1.29. The number of pyridine rings is 1. The number of carbonyl (C=O) groups excluding carboxylic acids is 1. The van der Waals surface area contributed by atoms with Crippen LogP contribution in [0.4, 0.5) is 0 Å². The Balaban J connectivity index is 1.87. The van der Waals surface area contributed by atoms with Crippen molar-refractivity contribution in [3.05, 3.63) is 47.7 Å². The summed E-state index contributed by atoms with van der Waals surface area (Å²) in [5, 5.41) is 18.3. The highest BCUT2D eigenvalue weighted by Crippen LogP contribution is 2.22. The van der Waals surface area contributed by atoms with E-state index in [-0.39, 0.29) is 18.5 Å². The molecular weight excluding hydrogens is 320 g/mol. The maximum atomic E-state index is 12.7. The van der Waals surface area contributed by atoms with E-state index >= 15 is 0 Å². The second-order valence-corrected chi connectivity index (χ2v) is 6.67. The molecule has 0 spiro atoms. The van der Waals surface area contributed by atoms with Crippen LogP contribution in [0.2, 0.25) is 0 Å². The fourth-order valence-corrected chi connectivity index (χ4v) is 2.73. The first-order chi connectivity index (χ1) is 11.8. The van der Waals surface area contributed by atoms with Crippen LogP contribution in [0.25, 0.3) is 11.0 Å². The Bertz CT molecular complexity index is 895. The number of aryl methyl sites for hydroxylation is 1. The highest BCUT2D eigenvalue weighted by molar-refractivity contribution is 6.05. The summed E-state index contributed by atoms with van der Waals surface area (Å²) >= 11 is 0. The molecule has 0 aliphatic carbocycles. The Hall–Kier alpha value is -2.67. The summed E-state index contributed by atoms with van der Waals surface area (Å²) in [4.78, 5) is 17.2. The number of rotatable bonds is 5. The lowest BCUT2D eigenvalue weighted by Crippen LogP contribution is -2.38. The Kier molecular flexibility index (Phi) is 4.34. The Labute approximate surface area is 145 Å². The molecule has 0 fully saturated rings. The predicted octanol–water partition coefficient (Wildman–Crippen LogP) is 2.55. The van der Waals surface area contributed by atoms with Gasteiger partial charge in [-0.3, -0.25) is 4.79 Å². The van der Waals surface area contributed by atoms with Gasteiger partial charge in [0.15, 0.2) is 5.65 Å². The molecule has 7 heteroatoms. The molecule has 0 bridgehead atoms. The van der Waals surface area contributed by atoms with E-state index in [1.54, 1.807) is 36.0 Å². The molecule has 132 valence electrons. The lowest BCUT2D eigenvalue weighted by molar-refractivity contribution is 0.0330. The molecule has 3 rings (SSSR count). The van der Waals surface area contributed by atoms with Crippen molar-refractivity contribution in [1.82, 2.24) is 20.1 Å². The van der Waals surface area contributed by atoms with Crippen LogP contribution in [0, 0.1) is 6.92 Å². The van der Waals surface area contributed by atoms with E-state index in [4.69, 9.17) is 4.42 Å². The van der Waals surface area contributed by atoms with E-state index in [0.29, 0.717) is 22.4 Å². The van der Waals surface area contributed by atoms with Crippen LogP contribution in [0.5, 0.6) is 0 Å². The van der Waals surface area contributed by atoms with Gasteiger partial charge in [-0.2, -0.15) is 5.10 Å². The van der Waals surface area contributed by atoms with E-state index in [0.717, 1.165) is 5.69 Å². The summed E-state index contributed by atoms with van der Waals surface area (Å²) in [6.07, 6.45) is 3.14. The summed E-state index contributed by atoms with van der Waals surface area (Å²) in [7, 11) is 0. The largest absolute Gasteiger partial charge is 0.466 e. The van der Waals surface area contributed by atoms with Crippen LogP contribution in [0.15, 0.2) is 35.1 Å². The Morgan fingerprint density at radius 2 is 2.24 bits per heavy atom. The topological polar surface area (TPSA) is 93.2 Å². The molecule has 0 aliphatic heterocycles. The Morgan fingerprint density at radius 1 is 1.48 bits per heavy atom. The van der Waals surface area contributed by atoms with E-state index in [1.807, 2.05) is 20.8 Å². The third-order valence-electron chi connectivity index (χ3n) is 4.07. The van der Waals surface area contributed by atoms with Crippen LogP contribution in [-0.2, 0) is 5.60 Å². The summed E-state index contributed by atoms with van der Waals surface area (Å²) in [5.74, 6) is 0.113. The van der Waals surface area contributed by atoms with Crippen molar-refractivity contribution in [3.8, 4) is 0 Å². The number of carbonyl (C=O) groups is 1. The summed E-state index contributed by atoms with van der Waals surface area (Å²) in [6.45, 7) is 7.48. The zero-order chi connectivity index (χ0) is 18.2. The van der Waals surface area contributed by atoms with Crippen LogP contribution < -0.4 is 5.32 Å². The van der Waals surface area contributed by atoms with Gasteiger partial charge in [0, 0.05) is 11.7 Å². The van der Waals surface area contributed by atoms with Gasteiger partial charge in [-0.25, -0.2) is 9.67 Å². The van der Waals surface area contributed by atoms with Crippen molar-refractivity contribution < 1.29 is 14.3 Å². The molecule has 1 unspecified atom stereocenters. The number of aromatic nitrogens is 3. The lowest BCUT2D eigenvalue weighted by Gasteiger charge is -2.21. The highest BCUT2D eigenvalue weighted by Gasteiger charge is 2.27. The average Bonchev–Trinajstić information content (AvgIpc) is 3.21. The van der Waals surface area contributed by atoms with Crippen LogP contribution in [0.3, 0.4) is 0 Å². The number of amides is 1. The van der Waals surface area contributed by atoms with E-state index in [2.05, 4.69) is 15.4 Å². The van der Waals surface area contributed by atoms with E-state index in [1.165, 1.54) is 6.26 Å². The van der Waals surface area contributed by atoms with Crippen LogP contribution in [0.1, 0.15) is 48.6 Å². The summed E-state index contributed by atoms with van der Waals surface area (Å²) < 4.78 is 7.02. The zero-order valence-electron chi connectivity index (χ0n) is 14.8. The molecule has 25 heavy (non-hydrogen) atoms. The summed E-state index contributed by atoms with van der Waals surface area (Å²) in [6, 6.07) is 5.24. The number of nitrogens with zero attached hydrogens (tertiary/aromatic N) is 3. The van der Waals surface area contributed by atoms with Crippen molar-refractivity contribution in [2.45, 2.75) is 39.3 Å². The third kappa shape index (κ3) is 3.28. The minimum absolute atomic E-state index is 0.0283. The number of hydrogen-bond acceptors (Lipinski definition) is 5. The maximum Gasteiger partial charge on any atom is 0.252 e. The van der Waals surface area contributed by atoms with E-state index < -0.39 is 5.60 Å². The molecule has 0 aromatic carbocycles. The normalized spacial score (nSPS) is 14.0. The van der Waals surface area contributed by atoms with E-state index in [9.17, 15) is 9.90 Å². The van der Waals surface area contributed by atoms with Gasteiger partial charge in [-0.15, -0.1) is 0 Å². The van der Waals surface area contributed by atoms with Crippen LogP contribution >= 0.6 is 0 Å². The van der Waals surface area contributed by atoms with Gasteiger partial charge >= 0.3 is 0 Å². The molecule has 3 aromatic heterocycles. The van der Waals surface area contributed by atoms with Gasteiger partial charge < -0.3 is 14.8 Å². The first-order valence-electron chi connectivity index (χ1n) is 8.19. The highest BCUT2D eigenvalue weighted by atomic mass is 16.4. The van der Waals surface area contributed by atoms with Crippen molar-refractivity contribution in [3.63, 3.8) is 0 Å². The number of furan rings is 1. The van der Waals surface area contributed by atoms with Crippen molar-refractivity contribution in [2.75, 3.05) is 6.54 Å². The second-order valence-electron chi connectivity index (χ2n) is 6.67. The molecule has 7 nitrogen and oxygen atoms in total. The SMILES string of the molecule is Cc1cc(C(=O)NCC(C)(O)c2ccco2)c2cnn(C(C)C)c2n1. The Morgan fingerprint density at radius 3 is 2.88 bits per heavy atom. The monoisotopic (exact) mass is 342 g/mol. The van der Waals surface area contributed by atoms with Gasteiger partial charge in [0.2, 0.25) is 0 Å². The zero-order valence-corrected chi connectivity index (χ0v) is 14.8. The molecule has 1 atom stereocenters. The van der Waals surface area contributed by atoms with Gasteiger partial charge in [0.25, 0.3) is 5.91 Å². The maximum absolute atomic E-state index is 12.7. The molecule has 3 aromatic rings. The quantitative estimate of drug-likeness (QED) is 0.743. The number of nitrogens with one attached hydrogen (secondary N) is 1. The van der Waals surface area contributed by atoms with Gasteiger partial charge in [-0.1, -0.05) is 0 Å². The molecule has 0 radical (unpaired) electrons. The molecule has 2 N–H and O–H groups in total. The molecule has 0 aliphatic rings. The van der Waals surface area contributed by atoms with Crippen molar-refractivity contribution >= 4 is 16.9 Å². The lowest BCUT2D eigenvalue weighted by atomic mass is 10.0. The first-order valence-corrected chi connectivity index (χ1v) is 8.19. The van der Waals surface area contributed by atoms with Crippen LogP contribution in [-0.4, -0.2) is 32.3 Å². The van der Waals surface area contributed by atoms with Gasteiger partial charge in [0.1, 0.15) is 11.4 Å². The summed E-state index contributed by atoms with van der Waals surface area (Å²) in [5.41, 5.74) is 0.614. The molecule has 0 saturated heterocycles. The fraction of sp³-hybridized carbons (Fsp3) is 0.389. The van der Waals surface area contributed by atoms with Crippen molar-refractivity contribution in [1.29, 1.82) is 0 Å². The molecule has 0 saturated carbocycles. The number of aliphatic hydroxyl groups is 1. The predicted molar refractivity (Wildman–Crippen MR) is 93.3 cm³/mol. The number of fused-ring (bicyclic) bond motifs is 1. The standard InChI is InChI=1S/C18H22N4O3/c1-11(2)22-16-14(9-20-22)13(8-12(3)21-16)17(23)19-10-18(4,24)15-6-5-7-25-15/h5-9,11,24H,10H2,1-4H3,(H,19,23). The first kappa shape index (κ1) is 17.2. The second kappa shape index (κ2) is 6.33. The molecule has 3 heterocycles. The van der Waals surface area contributed by atoms with Gasteiger partial charge in [-0.05, 0) is 45.9 Å². The fourth-order valence-electron chi connectivity index (χ4n) is 2.73. The third-order valence-corrected chi connectivity index (χ3v) is 4.07. The van der Waals surface area contributed by atoms with Crippen molar-refractivity contribution in [2.24, 2.45) is 0 Å². The average molecular weight is 342 g/mol. The van der Waals surface area contributed by atoms with Gasteiger partial charge in [0.05, 0.1) is 30.0 Å². The molecule has 1 amide bonds. The number of hydrogen-bond donors (Lipinski definition) is 2. The minimum Gasteiger partial charge on any atom is -0.466 e. The molecular formula is C18H22N4O3.